The van der Waals surface area contributed by atoms with Gasteiger partial charge >= 0.3 is 0 Å². The van der Waals surface area contributed by atoms with E-state index < -0.39 is 0 Å². The van der Waals surface area contributed by atoms with Crippen molar-refractivity contribution in [1.82, 2.24) is 4.90 Å². The number of aliphatic imine (C=N–C) groups is 1. The summed E-state index contributed by atoms with van der Waals surface area (Å²) in [5.74, 6) is 0.638. The summed E-state index contributed by atoms with van der Waals surface area (Å²) in [5, 5.41) is 0.772. The molecule has 0 amide bonds. The summed E-state index contributed by atoms with van der Waals surface area (Å²) in [4.78, 5) is 6.51. The SMILES string of the molecule is Cc1cc(Cl)ccc1C1CN=C(N)N1C(C)C. The summed E-state index contributed by atoms with van der Waals surface area (Å²) in [6.45, 7) is 7.07. The highest BCUT2D eigenvalue weighted by atomic mass is 35.5. The van der Waals surface area contributed by atoms with Crippen LogP contribution in [0.4, 0.5) is 0 Å². The molecule has 0 aromatic heterocycles. The van der Waals surface area contributed by atoms with Crippen LogP contribution in [-0.4, -0.2) is 23.4 Å². The molecule has 1 unspecified atom stereocenters. The van der Waals surface area contributed by atoms with Crippen LogP contribution in [0.25, 0.3) is 0 Å². The first-order valence-electron chi connectivity index (χ1n) is 5.85. The van der Waals surface area contributed by atoms with E-state index in [9.17, 15) is 0 Å². The second kappa shape index (κ2) is 4.57. The van der Waals surface area contributed by atoms with Crippen molar-refractivity contribution in [2.45, 2.75) is 32.9 Å². The highest BCUT2D eigenvalue weighted by Crippen LogP contribution is 2.30. The zero-order chi connectivity index (χ0) is 12.6. The molecule has 1 aromatic rings. The molecule has 1 aliphatic rings. The van der Waals surface area contributed by atoms with Crippen LogP contribution in [0.1, 0.15) is 31.0 Å². The number of halogens is 1. The maximum absolute atomic E-state index is 5.98. The van der Waals surface area contributed by atoms with Crippen LogP contribution in [0.3, 0.4) is 0 Å². The number of benzene rings is 1. The fourth-order valence-corrected chi connectivity index (χ4v) is 2.62. The molecule has 3 nitrogen and oxygen atoms in total. The average molecular weight is 252 g/mol. The van der Waals surface area contributed by atoms with E-state index in [1.807, 2.05) is 12.1 Å². The van der Waals surface area contributed by atoms with Crippen molar-refractivity contribution in [3.63, 3.8) is 0 Å². The summed E-state index contributed by atoms with van der Waals surface area (Å²) >= 11 is 5.98. The highest BCUT2D eigenvalue weighted by molar-refractivity contribution is 6.30. The summed E-state index contributed by atoms with van der Waals surface area (Å²) < 4.78 is 0. The highest BCUT2D eigenvalue weighted by Gasteiger charge is 2.30. The fourth-order valence-electron chi connectivity index (χ4n) is 2.39. The normalized spacial score (nSPS) is 19.9. The van der Waals surface area contributed by atoms with E-state index in [0.29, 0.717) is 12.0 Å². The topological polar surface area (TPSA) is 41.6 Å². The van der Waals surface area contributed by atoms with Crippen LogP contribution < -0.4 is 5.73 Å². The molecule has 4 heteroatoms. The van der Waals surface area contributed by atoms with Crippen LogP contribution in [0, 0.1) is 6.92 Å². The van der Waals surface area contributed by atoms with Gasteiger partial charge in [-0.05, 0) is 44.0 Å². The molecule has 0 bridgehead atoms. The average Bonchev–Trinajstić information content (AvgIpc) is 2.60. The van der Waals surface area contributed by atoms with Gasteiger partial charge in [0.15, 0.2) is 5.96 Å². The molecule has 0 radical (unpaired) electrons. The number of nitrogens with zero attached hydrogens (tertiary/aromatic N) is 2. The predicted molar refractivity (Wildman–Crippen MR) is 72.4 cm³/mol. The number of hydrogen-bond donors (Lipinski definition) is 1. The third kappa shape index (κ3) is 2.25. The van der Waals surface area contributed by atoms with Gasteiger partial charge in [0.05, 0.1) is 12.6 Å². The second-order valence-electron chi connectivity index (χ2n) is 4.72. The molecule has 0 saturated heterocycles. The summed E-state index contributed by atoms with van der Waals surface area (Å²) in [5.41, 5.74) is 8.39. The summed E-state index contributed by atoms with van der Waals surface area (Å²) in [7, 11) is 0. The number of rotatable bonds is 2. The lowest BCUT2D eigenvalue weighted by Gasteiger charge is -2.31. The molecule has 92 valence electrons. The van der Waals surface area contributed by atoms with Crippen LogP contribution >= 0.6 is 11.6 Å². The first-order valence-corrected chi connectivity index (χ1v) is 6.23. The van der Waals surface area contributed by atoms with Crippen molar-refractivity contribution in [2.24, 2.45) is 10.7 Å². The molecular weight excluding hydrogens is 234 g/mol. The molecule has 0 saturated carbocycles. The first kappa shape index (κ1) is 12.2. The Morgan fingerprint density at radius 3 is 2.76 bits per heavy atom. The number of hydrogen-bond acceptors (Lipinski definition) is 3. The van der Waals surface area contributed by atoms with Crippen molar-refractivity contribution in [1.29, 1.82) is 0 Å². The third-order valence-electron chi connectivity index (χ3n) is 3.17. The predicted octanol–water partition coefficient (Wildman–Crippen LogP) is 2.73. The second-order valence-corrected chi connectivity index (χ2v) is 5.15. The molecule has 0 aliphatic carbocycles. The summed E-state index contributed by atoms with van der Waals surface area (Å²) in [6, 6.07) is 6.58. The molecule has 2 rings (SSSR count). The van der Waals surface area contributed by atoms with Crippen LogP contribution in [0.2, 0.25) is 5.02 Å². The van der Waals surface area contributed by atoms with Gasteiger partial charge < -0.3 is 10.6 Å². The van der Waals surface area contributed by atoms with Crippen molar-refractivity contribution in [2.75, 3.05) is 6.54 Å². The van der Waals surface area contributed by atoms with Crippen molar-refractivity contribution >= 4 is 17.6 Å². The van der Waals surface area contributed by atoms with Gasteiger partial charge in [0.2, 0.25) is 0 Å². The Morgan fingerprint density at radius 1 is 1.47 bits per heavy atom. The molecule has 0 fully saturated rings. The van der Waals surface area contributed by atoms with E-state index in [4.69, 9.17) is 17.3 Å². The maximum Gasteiger partial charge on any atom is 0.192 e. The van der Waals surface area contributed by atoms with E-state index >= 15 is 0 Å². The van der Waals surface area contributed by atoms with E-state index in [1.54, 1.807) is 0 Å². The van der Waals surface area contributed by atoms with Crippen molar-refractivity contribution in [3.05, 3.63) is 34.3 Å². The monoisotopic (exact) mass is 251 g/mol. The van der Waals surface area contributed by atoms with Gasteiger partial charge in [-0.25, -0.2) is 0 Å². The van der Waals surface area contributed by atoms with Crippen molar-refractivity contribution in [3.8, 4) is 0 Å². The Bertz CT molecular complexity index is 454. The molecule has 17 heavy (non-hydrogen) atoms. The van der Waals surface area contributed by atoms with E-state index in [0.717, 1.165) is 11.6 Å². The molecular formula is C13H18ClN3. The third-order valence-corrected chi connectivity index (χ3v) is 3.41. The van der Waals surface area contributed by atoms with Crippen molar-refractivity contribution < 1.29 is 0 Å². The lowest BCUT2D eigenvalue weighted by molar-refractivity contribution is 0.289. The largest absolute Gasteiger partial charge is 0.370 e. The Labute approximate surface area is 107 Å². The smallest absolute Gasteiger partial charge is 0.192 e. The van der Waals surface area contributed by atoms with Gasteiger partial charge in [-0.2, -0.15) is 0 Å². The van der Waals surface area contributed by atoms with Gasteiger partial charge in [-0.15, -0.1) is 0 Å². The van der Waals surface area contributed by atoms with E-state index in [-0.39, 0.29) is 6.04 Å². The standard InChI is InChI=1S/C13H18ClN3/c1-8(2)17-12(7-16-13(17)15)11-5-4-10(14)6-9(11)3/h4-6,8,12H,7H2,1-3H3,(H2,15,16). The first-order chi connectivity index (χ1) is 8.00. The maximum atomic E-state index is 5.98. The van der Waals surface area contributed by atoms with Crippen LogP contribution in [-0.2, 0) is 0 Å². The van der Waals surface area contributed by atoms with Gasteiger partial charge in [0.25, 0.3) is 0 Å². The van der Waals surface area contributed by atoms with Gasteiger partial charge in [-0.1, -0.05) is 17.7 Å². The Kier molecular flexibility index (Phi) is 3.29. The minimum absolute atomic E-state index is 0.243. The zero-order valence-corrected chi connectivity index (χ0v) is 11.2. The molecule has 1 heterocycles. The minimum Gasteiger partial charge on any atom is -0.370 e. The minimum atomic E-state index is 0.243. The molecule has 0 spiro atoms. The number of nitrogens with two attached hydrogens (primary N) is 1. The van der Waals surface area contributed by atoms with Crippen LogP contribution in [0.5, 0.6) is 0 Å². The van der Waals surface area contributed by atoms with Gasteiger partial charge in [0, 0.05) is 11.1 Å². The van der Waals surface area contributed by atoms with Gasteiger partial charge in [0.1, 0.15) is 0 Å². The van der Waals surface area contributed by atoms with E-state index in [2.05, 4.69) is 36.7 Å². The molecule has 1 atom stereocenters. The Morgan fingerprint density at radius 2 is 2.18 bits per heavy atom. The van der Waals surface area contributed by atoms with E-state index in [1.165, 1.54) is 11.1 Å². The molecule has 1 aliphatic heterocycles. The lowest BCUT2D eigenvalue weighted by Crippen LogP contribution is -2.41. The molecule has 2 N–H and O–H groups in total. The zero-order valence-electron chi connectivity index (χ0n) is 10.4. The molecule has 1 aromatic carbocycles. The number of guanidine groups is 1. The lowest BCUT2D eigenvalue weighted by atomic mass is 10.00. The van der Waals surface area contributed by atoms with Crippen LogP contribution in [0.15, 0.2) is 23.2 Å². The Balaban J connectivity index is 2.35. The van der Waals surface area contributed by atoms with Gasteiger partial charge in [-0.3, -0.25) is 4.99 Å². The summed E-state index contributed by atoms with van der Waals surface area (Å²) in [6.07, 6.45) is 0. The fraction of sp³-hybridized carbons (Fsp3) is 0.462. The quantitative estimate of drug-likeness (QED) is 0.878. The number of aryl methyl sites for hydroxylation is 1. The Hall–Kier alpha value is -1.22.